The number of aryl methyl sites for hydroxylation is 1. The molecule has 1 aromatic rings. The standard InChI is InChI=1S/C15H20N2O/c1-11-4-2-3-5-13(11)14-10-18-15(17-14)12-6-8-16-9-7-12/h2-5,12,14,16H,6-10H2,1H3. The molecule has 2 aliphatic heterocycles. The highest BCUT2D eigenvalue weighted by Gasteiger charge is 2.28. The van der Waals surface area contributed by atoms with Gasteiger partial charge in [-0.3, -0.25) is 0 Å². The summed E-state index contributed by atoms with van der Waals surface area (Å²) in [6.45, 7) is 5.03. The van der Waals surface area contributed by atoms with E-state index in [2.05, 4.69) is 36.5 Å². The van der Waals surface area contributed by atoms with Gasteiger partial charge in [0.15, 0.2) is 5.90 Å². The summed E-state index contributed by atoms with van der Waals surface area (Å²) in [6, 6.07) is 8.67. The van der Waals surface area contributed by atoms with Crippen molar-refractivity contribution >= 4 is 5.90 Å². The number of nitrogens with zero attached hydrogens (tertiary/aromatic N) is 1. The molecule has 18 heavy (non-hydrogen) atoms. The molecule has 0 aromatic heterocycles. The van der Waals surface area contributed by atoms with Crippen LogP contribution in [0.4, 0.5) is 0 Å². The quantitative estimate of drug-likeness (QED) is 0.867. The Morgan fingerprint density at radius 3 is 2.78 bits per heavy atom. The van der Waals surface area contributed by atoms with Gasteiger partial charge < -0.3 is 10.1 Å². The highest BCUT2D eigenvalue weighted by molar-refractivity contribution is 5.80. The Bertz CT molecular complexity index is 450. The van der Waals surface area contributed by atoms with Crippen LogP contribution >= 0.6 is 0 Å². The summed E-state index contributed by atoms with van der Waals surface area (Å²) in [5.74, 6) is 1.52. The van der Waals surface area contributed by atoms with Gasteiger partial charge in [0.05, 0.1) is 0 Å². The topological polar surface area (TPSA) is 33.6 Å². The summed E-state index contributed by atoms with van der Waals surface area (Å²) < 4.78 is 5.84. The zero-order valence-electron chi connectivity index (χ0n) is 10.9. The predicted molar refractivity (Wildman–Crippen MR) is 72.9 cm³/mol. The molecule has 1 aromatic carbocycles. The fourth-order valence-electron chi connectivity index (χ4n) is 2.80. The normalized spacial score (nSPS) is 24.7. The Morgan fingerprint density at radius 2 is 2.00 bits per heavy atom. The van der Waals surface area contributed by atoms with Gasteiger partial charge in [0.25, 0.3) is 0 Å². The average molecular weight is 244 g/mol. The van der Waals surface area contributed by atoms with E-state index in [9.17, 15) is 0 Å². The molecule has 0 aliphatic carbocycles. The summed E-state index contributed by atoms with van der Waals surface area (Å²) in [7, 11) is 0. The highest BCUT2D eigenvalue weighted by Crippen LogP contribution is 2.29. The molecular formula is C15H20N2O. The second-order valence-corrected chi connectivity index (χ2v) is 5.18. The SMILES string of the molecule is Cc1ccccc1C1COC(C2CCNCC2)=N1. The van der Waals surface area contributed by atoms with Crippen LogP contribution in [0, 0.1) is 12.8 Å². The highest BCUT2D eigenvalue weighted by atomic mass is 16.5. The minimum Gasteiger partial charge on any atom is -0.478 e. The number of ether oxygens (including phenoxy) is 1. The summed E-state index contributed by atoms with van der Waals surface area (Å²) in [5, 5.41) is 3.38. The van der Waals surface area contributed by atoms with Crippen LogP contribution in [-0.2, 0) is 4.74 Å². The van der Waals surface area contributed by atoms with Crippen LogP contribution in [0.3, 0.4) is 0 Å². The van der Waals surface area contributed by atoms with Gasteiger partial charge in [-0.05, 0) is 44.0 Å². The lowest BCUT2D eigenvalue weighted by Gasteiger charge is -2.21. The Kier molecular flexibility index (Phi) is 3.33. The molecule has 3 rings (SSSR count). The van der Waals surface area contributed by atoms with Gasteiger partial charge in [-0.1, -0.05) is 24.3 Å². The molecule has 0 saturated carbocycles. The maximum Gasteiger partial charge on any atom is 0.187 e. The third kappa shape index (κ3) is 2.27. The van der Waals surface area contributed by atoms with E-state index in [-0.39, 0.29) is 6.04 Å². The van der Waals surface area contributed by atoms with Crippen molar-refractivity contribution in [2.45, 2.75) is 25.8 Å². The molecule has 3 nitrogen and oxygen atoms in total. The van der Waals surface area contributed by atoms with E-state index < -0.39 is 0 Å². The largest absolute Gasteiger partial charge is 0.478 e. The minimum atomic E-state index is 0.205. The van der Waals surface area contributed by atoms with Crippen molar-refractivity contribution in [1.29, 1.82) is 0 Å². The Balaban J connectivity index is 1.77. The van der Waals surface area contributed by atoms with Gasteiger partial charge in [0.1, 0.15) is 12.6 Å². The molecule has 1 atom stereocenters. The molecule has 0 bridgehead atoms. The predicted octanol–water partition coefficient (Wildman–Crippen LogP) is 2.46. The number of rotatable bonds is 2. The molecule has 1 N–H and O–H groups in total. The number of piperidine rings is 1. The van der Waals surface area contributed by atoms with Crippen molar-refractivity contribution in [2.24, 2.45) is 10.9 Å². The summed E-state index contributed by atoms with van der Waals surface area (Å²) in [5.41, 5.74) is 2.61. The molecule has 0 spiro atoms. The molecule has 0 amide bonds. The van der Waals surface area contributed by atoms with E-state index in [1.54, 1.807) is 0 Å². The smallest absolute Gasteiger partial charge is 0.187 e. The van der Waals surface area contributed by atoms with Crippen LogP contribution in [0.5, 0.6) is 0 Å². The third-order valence-electron chi connectivity index (χ3n) is 3.91. The molecule has 3 heteroatoms. The van der Waals surface area contributed by atoms with Crippen molar-refractivity contribution in [3.63, 3.8) is 0 Å². The second-order valence-electron chi connectivity index (χ2n) is 5.18. The molecule has 0 radical (unpaired) electrons. The molecule has 1 fully saturated rings. The first-order chi connectivity index (χ1) is 8.84. The van der Waals surface area contributed by atoms with Crippen molar-refractivity contribution in [1.82, 2.24) is 5.32 Å². The van der Waals surface area contributed by atoms with Crippen LogP contribution in [0.1, 0.15) is 30.0 Å². The lowest BCUT2D eigenvalue weighted by molar-refractivity contribution is 0.285. The van der Waals surface area contributed by atoms with Crippen LogP contribution in [0.25, 0.3) is 0 Å². The van der Waals surface area contributed by atoms with Gasteiger partial charge >= 0.3 is 0 Å². The lowest BCUT2D eigenvalue weighted by atomic mass is 9.98. The molecule has 2 heterocycles. The maximum atomic E-state index is 5.84. The van der Waals surface area contributed by atoms with E-state index in [4.69, 9.17) is 9.73 Å². The molecule has 2 aliphatic rings. The fourth-order valence-corrected chi connectivity index (χ4v) is 2.80. The number of hydrogen-bond donors (Lipinski definition) is 1. The zero-order valence-corrected chi connectivity index (χ0v) is 10.9. The third-order valence-corrected chi connectivity index (χ3v) is 3.91. The van der Waals surface area contributed by atoms with E-state index in [0.29, 0.717) is 12.5 Å². The first kappa shape index (κ1) is 11.7. The monoisotopic (exact) mass is 244 g/mol. The number of aliphatic imine (C=N–C) groups is 1. The molecular weight excluding hydrogens is 224 g/mol. The van der Waals surface area contributed by atoms with Crippen molar-refractivity contribution in [3.05, 3.63) is 35.4 Å². The van der Waals surface area contributed by atoms with Gasteiger partial charge in [0, 0.05) is 5.92 Å². The van der Waals surface area contributed by atoms with Gasteiger partial charge in [-0.25, -0.2) is 4.99 Å². The first-order valence-electron chi connectivity index (χ1n) is 6.81. The summed E-state index contributed by atoms with van der Waals surface area (Å²) >= 11 is 0. The van der Waals surface area contributed by atoms with Crippen LogP contribution in [0.2, 0.25) is 0 Å². The van der Waals surface area contributed by atoms with E-state index in [1.807, 2.05) is 0 Å². The Morgan fingerprint density at radius 1 is 1.22 bits per heavy atom. The van der Waals surface area contributed by atoms with E-state index in [0.717, 1.165) is 31.8 Å². The van der Waals surface area contributed by atoms with Gasteiger partial charge in [-0.15, -0.1) is 0 Å². The Labute approximate surface area is 108 Å². The van der Waals surface area contributed by atoms with Gasteiger partial charge in [-0.2, -0.15) is 0 Å². The lowest BCUT2D eigenvalue weighted by Crippen LogP contribution is -2.31. The van der Waals surface area contributed by atoms with Crippen molar-refractivity contribution in [2.75, 3.05) is 19.7 Å². The first-order valence-corrected chi connectivity index (χ1v) is 6.81. The summed E-state index contributed by atoms with van der Waals surface area (Å²) in [6.07, 6.45) is 2.30. The maximum absolute atomic E-state index is 5.84. The second kappa shape index (κ2) is 5.11. The molecule has 1 unspecified atom stereocenters. The van der Waals surface area contributed by atoms with E-state index >= 15 is 0 Å². The number of hydrogen-bond acceptors (Lipinski definition) is 3. The number of nitrogens with one attached hydrogen (secondary N) is 1. The van der Waals surface area contributed by atoms with E-state index in [1.165, 1.54) is 11.1 Å². The molecule has 1 saturated heterocycles. The minimum absolute atomic E-state index is 0.205. The van der Waals surface area contributed by atoms with Crippen molar-refractivity contribution < 1.29 is 4.74 Å². The van der Waals surface area contributed by atoms with Gasteiger partial charge in [0.2, 0.25) is 0 Å². The fraction of sp³-hybridized carbons (Fsp3) is 0.533. The zero-order chi connectivity index (χ0) is 12.4. The number of benzene rings is 1. The molecule has 96 valence electrons. The average Bonchev–Trinajstić information content (AvgIpc) is 2.90. The van der Waals surface area contributed by atoms with Crippen molar-refractivity contribution in [3.8, 4) is 0 Å². The van der Waals surface area contributed by atoms with Crippen LogP contribution in [0.15, 0.2) is 29.3 Å². The summed E-state index contributed by atoms with van der Waals surface area (Å²) in [4.78, 5) is 4.81. The van der Waals surface area contributed by atoms with Crippen LogP contribution < -0.4 is 5.32 Å². The Hall–Kier alpha value is -1.35. The van der Waals surface area contributed by atoms with Crippen LogP contribution in [-0.4, -0.2) is 25.6 Å².